The normalized spacial score (nSPS) is 22.2. The number of likely N-dealkylation sites (tertiary alicyclic amines) is 1. The van der Waals surface area contributed by atoms with E-state index in [0.29, 0.717) is 5.92 Å². The molecule has 6 rings (SSSR count). The van der Waals surface area contributed by atoms with Crippen molar-refractivity contribution in [2.45, 2.75) is 31.2 Å². The summed E-state index contributed by atoms with van der Waals surface area (Å²) in [7, 11) is 2.18. The molecule has 2 atom stereocenters. The fourth-order valence-electron chi connectivity index (χ4n) is 5.68. The molecule has 4 nitrogen and oxygen atoms in total. The number of carbonyl (C=O) groups excluding carboxylic acids is 1. The predicted molar refractivity (Wildman–Crippen MR) is 122 cm³/mol. The average Bonchev–Trinajstić information content (AvgIpc) is 3.09. The molecular weight excluding hydrogens is 384 g/mol. The molecular formula is C27H26N2O2. The van der Waals surface area contributed by atoms with Crippen LogP contribution in [0.1, 0.15) is 40.5 Å². The van der Waals surface area contributed by atoms with Crippen LogP contribution in [0, 0.1) is 6.92 Å². The van der Waals surface area contributed by atoms with Gasteiger partial charge in [-0.05, 0) is 50.7 Å². The maximum Gasteiger partial charge on any atom is 0.239 e. The number of hydrogen-bond acceptors (Lipinski definition) is 3. The van der Waals surface area contributed by atoms with Crippen molar-refractivity contribution in [2.24, 2.45) is 0 Å². The summed E-state index contributed by atoms with van der Waals surface area (Å²) in [5.41, 5.74) is 5.56. The van der Waals surface area contributed by atoms with Gasteiger partial charge in [0, 0.05) is 35.3 Å². The van der Waals surface area contributed by atoms with E-state index >= 15 is 0 Å². The Morgan fingerprint density at radius 1 is 0.935 bits per heavy atom. The van der Waals surface area contributed by atoms with Crippen LogP contribution < -0.4 is 9.64 Å². The van der Waals surface area contributed by atoms with Crippen LogP contribution in [-0.4, -0.2) is 37.0 Å². The van der Waals surface area contributed by atoms with Gasteiger partial charge < -0.3 is 14.5 Å². The quantitative estimate of drug-likeness (QED) is 0.562. The van der Waals surface area contributed by atoms with Gasteiger partial charge in [-0.3, -0.25) is 4.79 Å². The molecule has 0 unspecified atom stereocenters. The average molecular weight is 411 g/mol. The molecule has 0 saturated carbocycles. The molecule has 3 heterocycles. The fourth-order valence-corrected chi connectivity index (χ4v) is 5.68. The molecule has 3 aliphatic rings. The molecule has 31 heavy (non-hydrogen) atoms. The number of ether oxygens (including phenoxy) is 1. The second kappa shape index (κ2) is 6.96. The zero-order valence-corrected chi connectivity index (χ0v) is 17.9. The molecule has 0 spiro atoms. The van der Waals surface area contributed by atoms with Gasteiger partial charge in [-0.15, -0.1) is 0 Å². The van der Waals surface area contributed by atoms with E-state index in [9.17, 15) is 4.79 Å². The Hall–Kier alpha value is -3.11. The van der Waals surface area contributed by atoms with Gasteiger partial charge in [0.25, 0.3) is 0 Å². The van der Waals surface area contributed by atoms with Crippen LogP contribution in [0.2, 0.25) is 0 Å². The van der Waals surface area contributed by atoms with Crippen LogP contribution in [-0.2, 0) is 4.79 Å². The first-order valence-electron chi connectivity index (χ1n) is 11.1. The molecule has 1 fully saturated rings. The minimum absolute atomic E-state index is 0.158. The molecule has 3 aromatic rings. The van der Waals surface area contributed by atoms with E-state index in [0.717, 1.165) is 47.8 Å². The first-order chi connectivity index (χ1) is 15.1. The van der Waals surface area contributed by atoms with E-state index in [1.54, 1.807) is 0 Å². The monoisotopic (exact) mass is 410 g/mol. The second-order valence-electron chi connectivity index (χ2n) is 9.11. The van der Waals surface area contributed by atoms with Gasteiger partial charge in [-0.25, -0.2) is 0 Å². The molecule has 3 aliphatic heterocycles. The SMILES string of the molecule is Cc1ccc2c(c1)[C@@H]1CN(C)CC[C@H]1N2C(=O)C1c2ccccc2Oc2ccccc21. The number of likely N-dealkylation sites (N-methyl/N-ethyl adjacent to an activating group) is 1. The summed E-state index contributed by atoms with van der Waals surface area (Å²) in [6.07, 6.45) is 0.993. The summed E-state index contributed by atoms with van der Waals surface area (Å²) in [4.78, 5) is 18.9. The largest absolute Gasteiger partial charge is 0.457 e. The van der Waals surface area contributed by atoms with Crippen molar-refractivity contribution in [2.75, 3.05) is 25.0 Å². The summed E-state index contributed by atoms with van der Waals surface area (Å²) in [5, 5.41) is 0. The highest BCUT2D eigenvalue weighted by atomic mass is 16.5. The van der Waals surface area contributed by atoms with Crippen LogP contribution >= 0.6 is 0 Å². The van der Waals surface area contributed by atoms with Crippen LogP contribution in [0.25, 0.3) is 0 Å². The lowest BCUT2D eigenvalue weighted by molar-refractivity contribution is -0.119. The third kappa shape index (κ3) is 2.82. The van der Waals surface area contributed by atoms with Crippen LogP contribution in [0.3, 0.4) is 0 Å². The lowest BCUT2D eigenvalue weighted by Crippen LogP contribution is -2.48. The van der Waals surface area contributed by atoms with Gasteiger partial charge in [0.15, 0.2) is 0 Å². The summed E-state index contributed by atoms with van der Waals surface area (Å²) in [6.45, 7) is 4.14. The number of aryl methyl sites for hydroxylation is 1. The number of rotatable bonds is 1. The molecule has 1 saturated heterocycles. The van der Waals surface area contributed by atoms with Crippen molar-refractivity contribution in [3.63, 3.8) is 0 Å². The minimum Gasteiger partial charge on any atom is -0.457 e. The zero-order chi connectivity index (χ0) is 21.1. The molecule has 1 amide bonds. The third-order valence-electron chi connectivity index (χ3n) is 7.12. The van der Waals surface area contributed by atoms with Gasteiger partial charge in [0.05, 0.1) is 5.92 Å². The van der Waals surface area contributed by atoms with Crippen molar-refractivity contribution in [1.82, 2.24) is 4.90 Å². The molecule has 0 bridgehead atoms. The molecule has 4 heteroatoms. The van der Waals surface area contributed by atoms with E-state index in [4.69, 9.17) is 4.74 Å². The highest BCUT2D eigenvalue weighted by Crippen LogP contribution is 2.50. The summed E-state index contributed by atoms with van der Waals surface area (Å²) in [6, 6.07) is 22.7. The molecule has 3 aromatic carbocycles. The number of piperidine rings is 1. The van der Waals surface area contributed by atoms with E-state index in [2.05, 4.69) is 42.0 Å². The number of benzene rings is 3. The standard InChI is InChI=1S/C27H26N2O2/c1-17-11-12-22-20(15-17)21-16-28(2)14-13-23(21)29(22)27(30)26-18-7-3-5-9-24(18)31-25-10-6-4-8-19(25)26/h3-12,15,21,23,26H,13-14,16H2,1-2H3/t21-,23+/m0/s1. The second-order valence-corrected chi connectivity index (χ2v) is 9.11. The number of fused-ring (bicyclic) bond motifs is 5. The van der Waals surface area contributed by atoms with Crippen molar-refractivity contribution >= 4 is 11.6 Å². The van der Waals surface area contributed by atoms with Crippen molar-refractivity contribution < 1.29 is 9.53 Å². The summed E-state index contributed by atoms with van der Waals surface area (Å²) < 4.78 is 6.15. The number of para-hydroxylation sites is 2. The molecule has 156 valence electrons. The predicted octanol–water partition coefficient (Wildman–Crippen LogP) is 5.07. The topological polar surface area (TPSA) is 32.8 Å². The van der Waals surface area contributed by atoms with Crippen molar-refractivity contribution in [1.29, 1.82) is 0 Å². The zero-order valence-electron chi connectivity index (χ0n) is 17.9. The Morgan fingerprint density at radius 2 is 1.61 bits per heavy atom. The highest BCUT2D eigenvalue weighted by molar-refractivity contribution is 6.04. The smallest absolute Gasteiger partial charge is 0.239 e. The van der Waals surface area contributed by atoms with Crippen LogP contribution in [0.5, 0.6) is 11.5 Å². The third-order valence-corrected chi connectivity index (χ3v) is 7.12. The Bertz CT molecular complexity index is 1140. The summed E-state index contributed by atoms with van der Waals surface area (Å²) in [5.74, 6) is 1.73. The first-order valence-corrected chi connectivity index (χ1v) is 11.1. The number of anilines is 1. The number of nitrogens with zero attached hydrogens (tertiary/aromatic N) is 2. The van der Waals surface area contributed by atoms with Crippen LogP contribution in [0.15, 0.2) is 66.7 Å². The first kappa shape index (κ1) is 18.6. The number of amides is 1. The Morgan fingerprint density at radius 3 is 2.32 bits per heavy atom. The van der Waals surface area contributed by atoms with E-state index < -0.39 is 0 Å². The van der Waals surface area contributed by atoms with Gasteiger partial charge in [0.2, 0.25) is 5.91 Å². The highest BCUT2D eigenvalue weighted by Gasteiger charge is 2.47. The Labute approximate surface area is 183 Å². The Balaban J connectivity index is 1.50. The molecule has 0 aliphatic carbocycles. The van der Waals surface area contributed by atoms with Gasteiger partial charge in [0.1, 0.15) is 11.5 Å². The fraction of sp³-hybridized carbons (Fsp3) is 0.296. The number of hydrogen-bond donors (Lipinski definition) is 0. The minimum atomic E-state index is -0.353. The lowest BCUT2D eigenvalue weighted by Gasteiger charge is -2.38. The lowest BCUT2D eigenvalue weighted by atomic mass is 9.85. The van der Waals surface area contributed by atoms with E-state index in [1.165, 1.54) is 11.1 Å². The van der Waals surface area contributed by atoms with E-state index in [-0.39, 0.29) is 17.9 Å². The van der Waals surface area contributed by atoms with Crippen molar-refractivity contribution in [3.05, 3.63) is 89.0 Å². The van der Waals surface area contributed by atoms with Crippen molar-refractivity contribution in [3.8, 4) is 11.5 Å². The molecule has 0 aromatic heterocycles. The van der Waals surface area contributed by atoms with Gasteiger partial charge >= 0.3 is 0 Å². The number of carbonyl (C=O) groups is 1. The van der Waals surface area contributed by atoms with Gasteiger partial charge in [-0.1, -0.05) is 54.1 Å². The Kier molecular flexibility index (Phi) is 4.19. The van der Waals surface area contributed by atoms with E-state index in [1.807, 2.05) is 48.5 Å². The molecule has 0 N–H and O–H groups in total. The van der Waals surface area contributed by atoms with Gasteiger partial charge in [-0.2, -0.15) is 0 Å². The maximum absolute atomic E-state index is 14.4. The van der Waals surface area contributed by atoms with Crippen LogP contribution in [0.4, 0.5) is 5.69 Å². The molecule has 0 radical (unpaired) electrons. The maximum atomic E-state index is 14.4. The summed E-state index contributed by atoms with van der Waals surface area (Å²) >= 11 is 0.